The van der Waals surface area contributed by atoms with E-state index in [0.29, 0.717) is 33.8 Å². The highest BCUT2D eigenvalue weighted by Crippen LogP contribution is 2.27. The number of ketones is 1. The van der Waals surface area contributed by atoms with Gasteiger partial charge in [0.1, 0.15) is 5.82 Å². The Hall–Kier alpha value is -3.39. The number of carbonyl (C=O) groups is 1. The number of halogens is 2. The van der Waals surface area contributed by atoms with Gasteiger partial charge < -0.3 is 26.6 Å². The number of aryl methyl sites for hydroxylation is 1. The van der Waals surface area contributed by atoms with Crippen molar-refractivity contribution in [3.8, 4) is 0 Å². The maximum atomic E-state index is 13.2. The fourth-order valence-corrected chi connectivity index (χ4v) is 3.39. The summed E-state index contributed by atoms with van der Waals surface area (Å²) in [5, 5.41) is 24.5. The summed E-state index contributed by atoms with van der Waals surface area (Å²) >= 11 is 6.42. The molecule has 0 saturated heterocycles. The van der Waals surface area contributed by atoms with E-state index in [1.165, 1.54) is 18.3 Å². The van der Waals surface area contributed by atoms with Gasteiger partial charge in [-0.05, 0) is 66.6 Å². The monoisotopic (exact) mass is 499 g/mol. The van der Waals surface area contributed by atoms with Crippen molar-refractivity contribution in [1.82, 2.24) is 5.32 Å². The van der Waals surface area contributed by atoms with Crippen molar-refractivity contribution < 1.29 is 19.4 Å². The predicted octanol–water partition coefficient (Wildman–Crippen LogP) is 4.99. The Bertz CT molecular complexity index is 1170. The highest BCUT2D eigenvalue weighted by Gasteiger charge is 2.17. The lowest BCUT2D eigenvalue weighted by atomic mass is 9.96. The summed E-state index contributed by atoms with van der Waals surface area (Å²) in [4.78, 5) is 13.2. The van der Waals surface area contributed by atoms with E-state index in [4.69, 9.17) is 22.4 Å². The van der Waals surface area contributed by atoms with Crippen LogP contribution in [0.5, 0.6) is 0 Å². The van der Waals surface area contributed by atoms with Crippen LogP contribution in [0.25, 0.3) is 5.70 Å². The Morgan fingerprint density at radius 2 is 1.71 bits per heavy atom. The van der Waals surface area contributed by atoms with E-state index in [-0.39, 0.29) is 29.8 Å². The van der Waals surface area contributed by atoms with Crippen LogP contribution in [-0.4, -0.2) is 35.3 Å². The maximum absolute atomic E-state index is 13.2. The molecule has 0 aliphatic rings. The molecule has 0 spiro atoms. The molecule has 0 heterocycles. The van der Waals surface area contributed by atoms with Crippen LogP contribution in [0.3, 0.4) is 0 Å². The summed E-state index contributed by atoms with van der Waals surface area (Å²) in [5.74, 6) is -0.574. The normalized spacial score (nSPS) is 11.8. The third-order valence-electron chi connectivity index (χ3n) is 4.98. The van der Waals surface area contributed by atoms with Gasteiger partial charge in [0.05, 0.1) is 23.4 Å². The minimum atomic E-state index is -0.896. The fourth-order valence-electron chi connectivity index (χ4n) is 3.12. The number of nitrogens with two attached hydrogens (primary N) is 1. The first-order chi connectivity index (χ1) is 16.8. The summed E-state index contributed by atoms with van der Waals surface area (Å²) < 4.78 is 13.1. The smallest absolute Gasteiger partial charge is 0.194 e. The third-order valence-corrected chi connectivity index (χ3v) is 5.30. The summed E-state index contributed by atoms with van der Waals surface area (Å²) in [6.07, 6.45) is 0.618. The van der Waals surface area contributed by atoms with Crippen molar-refractivity contribution in [3.05, 3.63) is 100.0 Å². The Kier molecular flexibility index (Phi) is 10.7. The Morgan fingerprint density at radius 1 is 1.06 bits per heavy atom. The molecule has 0 aromatic heterocycles. The van der Waals surface area contributed by atoms with Crippen molar-refractivity contribution in [2.24, 2.45) is 5.73 Å². The van der Waals surface area contributed by atoms with Gasteiger partial charge in [-0.2, -0.15) is 0 Å². The van der Waals surface area contributed by atoms with Gasteiger partial charge in [-0.3, -0.25) is 4.79 Å². The SMILES string of the molecule is CC.Cc1ccc(/C(N)=C/NCC(O)CO)cc1C(=O)c1ccc(Nc2ccc(F)cc2)cc1Cl. The lowest BCUT2D eigenvalue weighted by molar-refractivity contribution is 0.0972. The van der Waals surface area contributed by atoms with Crippen molar-refractivity contribution in [3.63, 3.8) is 0 Å². The minimum Gasteiger partial charge on any atom is -0.397 e. The number of rotatable bonds is 9. The van der Waals surface area contributed by atoms with Crippen LogP contribution in [0.15, 0.2) is 66.9 Å². The zero-order chi connectivity index (χ0) is 26.0. The van der Waals surface area contributed by atoms with E-state index in [0.717, 1.165) is 5.56 Å². The molecule has 6 nitrogen and oxygen atoms in total. The summed E-state index contributed by atoms with van der Waals surface area (Å²) in [6, 6.07) is 16.2. The minimum absolute atomic E-state index is 0.142. The topological polar surface area (TPSA) is 108 Å². The van der Waals surface area contributed by atoms with Gasteiger partial charge in [0.25, 0.3) is 0 Å². The van der Waals surface area contributed by atoms with Gasteiger partial charge in [-0.1, -0.05) is 37.6 Å². The molecule has 0 aliphatic carbocycles. The molecule has 0 bridgehead atoms. The number of aliphatic hydroxyl groups is 2. The number of carbonyl (C=O) groups excluding carboxylic acids is 1. The number of hydrogen-bond donors (Lipinski definition) is 5. The van der Waals surface area contributed by atoms with Gasteiger partial charge in [0.2, 0.25) is 0 Å². The molecule has 1 unspecified atom stereocenters. The second-order valence-corrected chi connectivity index (χ2v) is 7.94. The molecule has 3 aromatic rings. The van der Waals surface area contributed by atoms with Crippen LogP contribution in [0.4, 0.5) is 15.8 Å². The van der Waals surface area contributed by atoms with Gasteiger partial charge in [0.15, 0.2) is 5.78 Å². The van der Waals surface area contributed by atoms with Crippen LogP contribution in [0.1, 0.15) is 40.9 Å². The average molecular weight is 500 g/mol. The first-order valence-corrected chi connectivity index (χ1v) is 11.6. The highest BCUT2D eigenvalue weighted by molar-refractivity contribution is 6.35. The standard InChI is InChI=1S/C25H25ClFN3O3.C2H6/c1-15-2-3-16(24(28)13-29-12-20(32)14-31)10-22(15)25(33)21-9-8-19(11-23(21)26)30-18-6-4-17(27)5-7-18;1-2/h2-11,13,20,29-32H,12,14,28H2,1H3;1-2H3/b24-13-;. The highest BCUT2D eigenvalue weighted by atomic mass is 35.5. The lowest BCUT2D eigenvalue weighted by Crippen LogP contribution is -2.26. The molecular weight excluding hydrogens is 469 g/mol. The van der Waals surface area contributed by atoms with Crippen LogP contribution in [0, 0.1) is 12.7 Å². The zero-order valence-corrected chi connectivity index (χ0v) is 20.7. The molecule has 8 heteroatoms. The molecule has 35 heavy (non-hydrogen) atoms. The second-order valence-electron chi connectivity index (χ2n) is 7.53. The van der Waals surface area contributed by atoms with Gasteiger partial charge in [-0.15, -0.1) is 0 Å². The second kappa shape index (κ2) is 13.5. The molecule has 0 aliphatic heterocycles. The maximum Gasteiger partial charge on any atom is 0.194 e. The largest absolute Gasteiger partial charge is 0.397 e. The molecule has 3 rings (SSSR count). The van der Waals surface area contributed by atoms with Crippen LogP contribution in [-0.2, 0) is 0 Å². The van der Waals surface area contributed by atoms with Crippen LogP contribution < -0.4 is 16.4 Å². The predicted molar refractivity (Wildman–Crippen MR) is 140 cm³/mol. The van der Waals surface area contributed by atoms with Crippen molar-refractivity contribution >= 4 is 34.5 Å². The van der Waals surface area contributed by atoms with Crippen molar-refractivity contribution in [1.29, 1.82) is 0 Å². The van der Waals surface area contributed by atoms with Crippen molar-refractivity contribution in [2.45, 2.75) is 26.9 Å². The number of nitrogens with one attached hydrogen (secondary N) is 2. The summed E-state index contributed by atoms with van der Waals surface area (Å²) in [5.41, 5.74) is 10.0. The first-order valence-electron chi connectivity index (χ1n) is 11.2. The van der Waals surface area contributed by atoms with E-state index in [1.54, 1.807) is 48.5 Å². The molecule has 1 atom stereocenters. The third kappa shape index (κ3) is 7.82. The van der Waals surface area contributed by atoms with Gasteiger partial charge >= 0.3 is 0 Å². The average Bonchev–Trinajstić information content (AvgIpc) is 2.86. The van der Waals surface area contributed by atoms with E-state index in [9.17, 15) is 14.3 Å². The van der Waals surface area contributed by atoms with E-state index in [2.05, 4.69) is 10.6 Å². The molecule has 186 valence electrons. The number of anilines is 2. The van der Waals surface area contributed by atoms with Crippen LogP contribution in [0.2, 0.25) is 5.02 Å². The quantitative estimate of drug-likeness (QED) is 0.265. The first kappa shape index (κ1) is 27.9. The Morgan fingerprint density at radius 3 is 2.34 bits per heavy atom. The van der Waals surface area contributed by atoms with Crippen molar-refractivity contribution in [2.75, 3.05) is 18.5 Å². The van der Waals surface area contributed by atoms with E-state index < -0.39 is 6.10 Å². The number of aliphatic hydroxyl groups excluding tert-OH is 2. The number of hydrogen-bond acceptors (Lipinski definition) is 6. The molecule has 0 saturated carbocycles. The number of benzene rings is 3. The molecule has 0 fully saturated rings. The van der Waals surface area contributed by atoms with Gasteiger partial charge in [0, 0.05) is 35.2 Å². The summed E-state index contributed by atoms with van der Waals surface area (Å²) in [7, 11) is 0. The molecule has 0 amide bonds. The van der Waals surface area contributed by atoms with E-state index >= 15 is 0 Å². The van der Waals surface area contributed by atoms with Gasteiger partial charge in [-0.25, -0.2) is 4.39 Å². The zero-order valence-electron chi connectivity index (χ0n) is 20.0. The fraction of sp³-hybridized carbons (Fsp3) is 0.222. The lowest BCUT2D eigenvalue weighted by Gasteiger charge is -2.12. The Labute approximate surface area is 210 Å². The molecule has 3 aromatic carbocycles. The molecule has 0 radical (unpaired) electrons. The molecular formula is C27H31ClFN3O3. The molecule has 6 N–H and O–H groups in total. The van der Waals surface area contributed by atoms with E-state index in [1.807, 2.05) is 20.8 Å². The van der Waals surface area contributed by atoms with Crippen LogP contribution >= 0.6 is 11.6 Å². The Balaban J connectivity index is 0.00000210. The summed E-state index contributed by atoms with van der Waals surface area (Å²) in [6.45, 7) is 5.61.